The number of anilines is 1. The van der Waals surface area contributed by atoms with E-state index in [1.807, 2.05) is 6.92 Å². The first-order valence-corrected chi connectivity index (χ1v) is 7.72. The topological polar surface area (TPSA) is 38.3 Å². The van der Waals surface area contributed by atoms with Gasteiger partial charge in [-0.15, -0.1) is 0 Å². The zero-order valence-electron chi connectivity index (χ0n) is 11.1. The molecule has 1 aliphatic rings. The van der Waals surface area contributed by atoms with Gasteiger partial charge in [0.25, 0.3) is 0 Å². The van der Waals surface area contributed by atoms with Crippen molar-refractivity contribution in [2.45, 2.75) is 32.3 Å². The Balaban J connectivity index is 1.87. The number of carbonyl (C=O) groups is 1. The minimum absolute atomic E-state index is 0.112. The van der Waals surface area contributed by atoms with E-state index in [1.54, 1.807) is 0 Å². The zero-order valence-corrected chi connectivity index (χ0v) is 13.4. The minimum Gasteiger partial charge on any atom is -0.378 e. The predicted molar refractivity (Wildman–Crippen MR) is 80.5 cm³/mol. The lowest BCUT2D eigenvalue weighted by Gasteiger charge is -2.34. The monoisotopic (exact) mass is 363 g/mol. The Labute approximate surface area is 131 Å². The van der Waals surface area contributed by atoms with Gasteiger partial charge >= 0.3 is 0 Å². The fourth-order valence-corrected chi connectivity index (χ4v) is 3.23. The van der Waals surface area contributed by atoms with Crippen LogP contribution >= 0.6 is 27.5 Å². The molecule has 0 heterocycles. The van der Waals surface area contributed by atoms with Crippen LogP contribution in [0.4, 0.5) is 10.1 Å². The number of rotatable bonds is 5. The molecule has 110 valence electrons. The highest BCUT2D eigenvalue weighted by Gasteiger charge is 2.31. The Bertz CT molecular complexity index is 483. The molecule has 0 spiro atoms. The third-order valence-corrected chi connectivity index (χ3v) is 4.26. The van der Waals surface area contributed by atoms with Gasteiger partial charge in [0.2, 0.25) is 5.91 Å². The molecular weight excluding hydrogens is 349 g/mol. The molecule has 0 radical (unpaired) electrons. The first-order chi connectivity index (χ1) is 9.49. The van der Waals surface area contributed by atoms with Gasteiger partial charge in [-0.1, -0.05) is 11.6 Å². The van der Waals surface area contributed by atoms with Gasteiger partial charge in [-0.3, -0.25) is 4.79 Å². The summed E-state index contributed by atoms with van der Waals surface area (Å²) in [4.78, 5) is 11.9. The van der Waals surface area contributed by atoms with E-state index in [0.29, 0.717) is 35.2 Å². The lowest BCUT2D eigenvalue weighted by Crippen LogP contribution is -2.33. The second-order valence-corrected chi connectivity index (χ2v) is 6.17. The van der Waals surface area contributed by atoms with E-state index in [-0.39, 0.29) is 10.9 Å². The quantitative estimate of drug-likeness (QED) is 0.842. The van der Waals surface area contributed by atoms with Crippen LogP contribution in [0.25, 0.3) is 0 Å². The van der Waals surface area contributed by atoms with Crippen LogP contribution in [0.2, 0.25) is 5.02 Å². The average Bonchev–Trinajstić information content (AvgIpc) is 2.31. The standard InChI is InChI=1S/C14H16BrClFNO2/c1-2-20-10-3-8(4-10)5-13(19)18-14-11(15)6-9(17)7-12(14)16/h6-8,10H,2-5H2,1H3,(H,18,19). The zero-order chi connectivity index (χ0) is 14.7. The number of amides is 1. The maximum absolute atomic E-state index is 13.1. The number of ether oxygens (including phenoxy) is 1. The smallest absolute Gasteiger partial charge is 0.224 e. The Morgan fingerprint density at radius 1 is 1.55 bits per heavy atom. The van der Waals surface area contributed by atoms with Gasteiger partial charge in [-0.25, -0.2) is 4.39 Å². The van der Waals surface area contributed by atoms with Crippen LogP contribution in [-0.4, -0.2) is 18.6 Å². The molecule has 1 N–H and O–H groups in total. The van der Waals surface area contributed by atoms with Gasteiger partial charge < -0.3 is 10.1 Å². The van der Waals surface area contributed by atoms with Crippen LogP contribution in [0.5, 0.6) is 0 Å². The fraction of sp³-hybridized carbons (Fsp3) is 0.500. The summed E-state index contributed by atoms with van der Waals surface area (Å²) in [5, 5.41) is 2.91. The summed E-state index contributed by atoms with van der Waals surface area (Å²) in [5.74, 6) is -0.206. The Morgan fingerprint density at radius 2 is 2.25 bits per heavy atom. The van der Waals surface area contributed by atoms with Gasteiger partial charge in [-0.05, 0) is 53.7 Å². The molecule has 1 amide bonds. The summed E-state index contributed by atoms with van der Waals surface area (Å²) in [6, 6.07) is 2.45. The molecule has 20 heavy (non-hydrogen) atoms. The normalized spacial score (nSPS) is 21.4. The molecule has 0 atom stereocenters. The van der Waals surface area contributed by atoms with Crippen molar-refractivity contribution in [2.24, 2.45) is 5.92 Å². The number of nitrogens with one attached hydrogen (secondary N) is 1. The van der Waals surface area contributed by atoms with Crippen molar-refractivity contribution in [1.82, 2.24) is 0 Å². The molecule has 1 saturated carbocycles. The molecule has 1 fully saturated rings. The van der Waals surface area contributed by atoms with E-state index in [2.05, 4.69) is 21.2 Å². The molecular formula is C14H16BrClFNO2. The fourth-order valence-electron chi connectivity index (χ4n) is 2.33. The van der Waals surface area contributed by atoms with Crippen LogP contribution in [0.15, 0.2) is 16.6 Å². The lowest BCUT2D eigenvalue weighted by molar-refractivity contribution is -0.119. The first kappa shape index (κ1) is 15.7. The highest BCUT2D eigenvalue weighted by Crippen LogP contribution is 2.35. The molecule has 0 aromatic heterocycles. The summed E-state index contributed by atoms with van der Waals surface area (Å²) < 4.78 is 19.0. The van der Waals surface area contributed by atoms with Gasteiger partial charge in [-0.2, -0.15) is 0 Å². The summed E-state index contributed by atoms with van der Waals surface area (Å²) in [6.07, 6.45) is 2.56. The summed E-state index contributed by atoms with van der Waals surface area (Å²) in [5.41, 5.74) is 0.416. The van der Waals surface area contributed by atoms with E-state index >= 15 is 0 Å². The van der Waals surface area contributed by atoms with Crippen molar-refractivity contribution in [3.8, 4) is 0 Å². The maximum Gasteiger partial charge on any atom is 0.224 e. The van der Waals surface area contributed by atoms with Crippen molar-refractivity contribution < 1.29 is 13.9 Å². The Morgan fingerprint density at radius 3 is 2.85 bits per heavy atom. The predicted octanol–water partition coefficient (Wildman–Crippen LogP) is 4.39. The van der Waals surface area contributed by atoms with Crippen molar-refractivity contribution in [3.63, 3.8) is 0 Å². The number of carbonyl (C=O) groups excluding carboxylic acids is 1. The van der Waals surface area contributed by atoms with Crippen LogP contribution < -0.4 is 5.32 Å². The van der Waals surface area contributed by atoms with E-state index in [1.165, 1.54) is 12.1 Å². The Hall–Kier alpha value is -0.650. The molecule has 1 aliphatic carbocycles. The number of benzene rings is 1. The molecule has 6 heteroatoms. The second kappa shape index (κ2) is 6.87. The summed E-state index contributed by atoms with van der Waals surface area (Å²) >= 11 is 9.12. The molecule has 3 nitrogen and oxygen atoms in total. The van der Waals surface area contributed by atoms with Crippen molar-refractivity contribution >= 4 is 39.1 Å². The SMILES string of the molecule is CCOC1CC(CC(=O)Nc2c(Cl)cc(F)cc2Br)C1. The highest BCUT2D eigenvalue weighted by atomic mass is 79.9. The molecule has 0 bridgehead atoms. The molecule has 1 aromatic carbocycles. The van der Waals surface area contributed by atoms with E-state index < -0.39 is 5.82 Å². The van der Waals surface area contributed by atoms with Gasteiger partial charge in [0.1, 0.15) is 5.82 Å². The number of hydrogen-bond acceptors (Lipinski definition) is 2. The van der Waals surface area contributed by atoms with Crippen LogP contribution in [0.1, 0.15) is 26.2 Å². The van der Waals surface area contributed by atoms with E-state index in [4.69, 9.17) is 16.3 Å². The maximum atomic E-state index is 13.1. The molecule has 0 saturated heterocycles. The molecule has 0 aliphatic heterocycles. The van der Waals surface area contributed by atoms with Crippen molar-refractivity contribution in [2.75, 3.05) is 11.9 Å². The van der Waals surface area contributed by atoms with Crippen LogP contribution in [0.3, 0.4) is 0 Å². The van der Waals surface area contributed by atoms with Crippen molar-refractivity contribution in [3.05, 3.63) is 27.4 Å². The lowest BCUT2D eigenvalue weighted by atomic mass is 9.80. The summed E-state index contributed by atoms with van der Waals surface area (Å²) in [7, 11) is 0. The van der Waals surface area contributed by atoms with E-state index in [0.717, 1.165) is 12.8 Å². The number of hydrogen-bond donors (Lipinski definition) is 1. The van der Waals surface area contributed by atoms with Gasteiger partial charge in [0, 0.05) is 17.5 Å². The average molecular weight is 365 g/mol. The number of halogens is 3. The van der Waals surface area contributed by atoms with Crippen molar-refractivity contribution in [1.29, 1.82) is 0 Å². The minimum atomic E-state index is -0.446. The Kier molecular flexibility index (Phi) is 5.41. The first-order valence-electron chi connectivity index (χ1n) is 6.55. The molecule has 0 unspecified atom stereocenters. The van der Waals surface area contributed by atoms with Crippen LogP contribution in [-0.2, 0) is 9.53 Å². The molecule has 2 rings (SSSR count). The van der Waals surface area contributed by atoms with Gasteiger partial charge in [0.05, 0.1) is 16.8 Å². The second-order valence-electron chi connectivity index (χ2n) is 4.91. The molecule has 1 aromatic rings. The third kappa shape index (κ3) is 3.93. The van der Waals surface area contributed by atoms with E-state index in [9.17, 15) is 9.18 Å². The highest BCUT2D eigenvalue weighted by molar-refractivity contribution is 9.10. The van der Waals surface area contributed by atoms with Crippen LogP contribution in [0, 0.1) is 11.7 Å². The summed E-state index contributed by atoms with van der Waals surface area (Å²) in [6.45, 7) is 2.68. The van der Waals surface area contributed by atoms with Gasteiger partial charge in [0.15, 0.2) is 0 Å². The largest absolute Gasteiger partial charge is 0.378 e. The third-order valence-electron chi connectivity index (χ3n) is 3.34.